The molecule has 112 valence electrons. The summed E-state index contributed by atoms with van der Waals surface area (Å²) in [6, 6.07) is 7.15. The summed E-state index contributed by atoms with van der Waals surface area (Å²) >= 11 is 0. The monoisotopic (exact) mass is 286 g/mol. The van der Waals surface area contributed by atoms with E-state index in [1.807, 2.05) is 0 Å². The molecular formula is C17H22N2O2. The van der Waals surface area contributed by atoms with Crippen molar-refractivity contribution < 1.29 is 9.53 Å². The van der Waals surface area contributed by atoms with E-state index in [1.54, 1.807) is 0 Å². The van der Waals surface area contributed by atoms with E-state index in [2.05, 4.69) is 35.5 Å². The molecule has 0 aromatic heterocycles. The van der Waals surface area contributed by atoms with E-state index < -0.39 is 0 Å². The van der Waals surface area contributed by atoms with Gasteiger partial charge in [0.1, 0.15) is 0 Å². The maximum atomic E-state index is 12.0. The highest BCUT2D eigenvalue weighted by molar-refractivity contribution is 5.73. The molecule has 4 nitrogen and oxygen atoms in total. The molecule has 1 N–H and O–H groups in total. The Morgan fingerprint density at radius 3 is 3.05 bits per heavy atom. The summed E-state index contributed by atoms with van der Waals surface area (Å²) < 4.78 is 4.98. The second-order valence-corrected chi connectivity index (χ2v) is 6.69. The fraction of sp³-hybridized carbons (Fsp3) is 0.588. The Kier molecular flexibility index (Phi) is 2.96. The van der Waals surface area contributed by atoms with Crippen LogP contribution in [0, 0.1) is 5.92 Å². The van der Waals surface area contributed by atoms with Gasteiger partial charge in [-0.25, -0.2) is 0 Å². The molecule has 0 saturated carbocycles. The summed E-state index contributed by atoms with van der Waals surface area (Å²) in [4.78, 5) is 14.4. The van der Waals surface area contributed by atoms with E-state index >= 15 is 0 Å². The Labute approximate surface area is 125 Å². The van der Waals surface area contributed by atoms with Crippen LogP contribution in [0.2, 0.25) is 0 Å². The third kappa shape index (κ3) is 1.89. The van der Waals surface area contributed by atoms with Gasteiger partial charge < -0.3 is 15.0 Å². The molecular weight excluding hydrogens is 264 g/mol. The van der Waals surface area contributed by atoms with Gasteiger partial charge in [-0.15, -0.1) is 0 Å². The molecule has 4 rings (SSSR count). The molecule has 1 aromatic rings. The first-order valence-corrected chi connectivity index (χ1v) is 7.83. The van der Waals surface area contributed by atoms with E-state index in [-0.39, 0.29) is 11.9 Å². The van der Waals surface area contributed by atoms with Gasteiger partial charge in [-0.3, -0.25) is 4.79 Å². The average Bonchev–Trinajstić information content (AvgIpc) is 2.92. The highest BCUT2D eigenvalue weighted by atomic mass is 16.5. The molecule has 0 spiro atoms. The Balaban J connectivity index is 1.73. The zero-order valence-electron chi connectivity index (χ0n) is 12.6. The number of benzene rings is 1. The van der Waals surface area contributed by atoms with Crippen LogP contribution in [0.4, 0.5) is 5.69 Å². The van der Waals surface area contributed by atoms with Crippen LogP contribution < -0.4 is 5.32 Å². The molecule has 4 heteroatoms. The number of piperidine rings is 1. The summed E-state index contributed by atoms with van der Waals surface area (Å²) in [6.07, 6.45) is 2.12. The lowest BCUT2D eigenvalue weighted by molar-refractivity contribution is -0.148. The van der Waals surface area contributed by atoms with Crippen molar-refractivity contribution in [1.82, 2.24) is 4.90 Å². The number of likely N-dealkylation sites (N-methyl/N-ethyl adjacent to an activating group) is 1. The summed E-state index contributed by atoms with van der Waals surface area (Å²) in [5.74, 6) is 1.03. The van der Waals surface area contributed by atoms with Crippen molar-refractivity contribution in [3.8, 4) is 0 Å². The van der Waals surface area contributed by atoms with Crippen molar-refractivity contribution in [2.24, 2.45) is 5.92 Å². The minimum absolute atomic E-state index is 0.00279. The predicted molar refractivity (Wildman–Crippen MR) is 81.6 cm³/mol. The molecule has 21 heavy (non-hydrogen) atoms. The van der Waals surface area contributed by atoms with Gasteiger partial charge in [0.05, 0.1) is 13.0 Å². The first-order valence-electron chi connectivity index (χ1n) is 7.83. The molecule has 0 bridgehead atoms. The third-order valence-electron chi connectivity index (χ3n) is 5.62. The third-order valence-corrected chi connectivity index (χ3v) is 5.62. The Morgan fingerprint density at radius 1 is 1.38 bits per heavy atom. The number of anilines is 1. The van der Waals surface area contributed by atoms with Crippen molar-refractivity contribution in [1.29, 1.82) is 0 Å². The number of methoxy groups -OCH3 is 1. The van der Waals surface area contributed by atoms with Gasteiger partial charge >= 0.3 is 5.97 Å². The van der Waals surface area contributed by atoms with Crippen molar-refractivity contribution in [3.63, 3.8) is 0 Å². The van der Waals surface area contributed by atoms with Gasteiger partial charge in [-0.05, 0) is 37.1 Å². The number of ether oxygens (including phenoxy) is 1. The highest BCUT2D eigenvalue weighted by Gasteiger charge is 2.45. The summed E-state index contributed by atoms with van der Waals surface area (Å²) in [5.41, 5.74) is 4.27. The van der Waals surface area contributed by atoms with Crippen LogP contribution in [-0.4, -0.2) is 44.2 Å². The van der Waals surface area contributed by atoms with Crippen LogP contribution in [-0.2, 0) is 9.53 Å². The van der Waals surface area contributed by atoms with E-state index in [1.165, 1.54) is 30.3 Å². The number of likely N-dealkylation sites (tertiary alicyclic amines) is 1. The lowest BCUT2D eigenvalue weighted by Gasteiger charge is -2.46. The first-order chi connectivity index (χ1) is 10.2. The lowest BCUT2D eigenvalue weighted by Crippen LogP contribution is -2.50. The molecule has 1 aliphatic carbocycles. The van der Waals surface area contributed by atoms with Gasteiger partial charge in [0, 0.05) is 36.7 Å². The van der Waals surface area contributed by atoms with Crippen LogP contribution in [0.3, 0.4) is 0 Å². The maximum Gasteiger partial charge on any atom is 0.309 e. The fourth-order valence-corrected chi connectivity index (χ4v) is 4.69. The highest BCUT2D eigenvalue weighted by Crippen LogP contribution is 2.50. The van der Waals surface area contributed by atoms with Crippen LogP contribution in [0.15, 0.2) is 18.2 Å². The Hall–Kier alpha value is -1.55. The van der Waals surface area contributed by atoms with Gasteiger partial charge in [0.15, 0.2) is 0 Å². The quantitative estimate of drug-likeness (QED) is 0.804. The molecule has 1 saturated heterocycles. The summed E-state index contributed by atoms with van der Waals surface area (Å²) in [6.45, 7) is 1.88. The maximum absolute atomic E-state index is 12.0. The molecule has 3 aliphatic rings. The number of rotatable bonds is 1. The molecule has 2 heterocycles. The molecule has 1 fully saturated rings. The SMILES string of the molecule is COC(=O)C1CC2c3cccc4c3C(CN4)C[C@H]2N(C)C1. The average molecular weight is 286 g/mol. The van der Waals surface area contributed by atoms with Crippen LogP contribution in [0.5, 0.6) is 0 Å². The number of hydrogen-bond donors (Lipinski definition) is 1. The van der Waals surface area contributed by atoms with E-state index in [4.69, 9.17) is 4.74 Å². The smallest absolute Gasteiger partial charge is 0.309 e. The zero-order valence-corrected chi connectivity index (χ0v) is 12.6. The van der Waals surface area contributed by atoms with Crippen LogP contribution in [0.1, 0.15) is 35.8 Å². The number of esters is 1. The molecule has 0 radical (unpaired) electrons. The van der Waals surface area contributed by atoms with Crippen LogP contribution in [0.25, 0.3) is 0 Å². The number of nitrogens with one attached hydrogen (secondary N) is 1. The number of carbonyl (C=O) groups is 1. The van der Waals surface area contributed by atoms with Gasteiger partial charge in [0.2, 0.25) is 0 Å². The van der Waals surface area contributed by atoms with Crippen LogP contribution >= 0.6 is 0 Å². The van der Waals surface area contributed by atoms with Crippen molar-refractivity contribution in [2.45, 2.75) is 30.7 Å². The normalized spacial score (nSPS) is 33.8. The second kappa shape index (κ2) is 4.73. The van der Waals surface area contributed by atoms with Crippen molar-refractivity contribution in [3.05, 3.63) is 29.3 Å². The molecule has 0 amide bonds. The van der Waals surface area contributed by atoms with Gasteiger partial charge in [-0.1, -0.05) is 12.1 Å². The molecule has 3 unspecified atom stereocenters. The minimum atomic E-state index is -0.0619. The van der Waals surface area contributed by atoms with Crippen molar-refractivity contribution in [2.75, 3.05) is 32.6 Å². The number of fused-ring (bicyclic) bond motifs is 2. The molecule has 1 aromatic carbocycles. The topological polar surface area (TPSA) is 41.6 Å². The summed E-state index contributed by atoms with van der Waals surface area (Å²) in [7, 11) is 3.65. The van der Waals surface area contributed by atoms with E-state index in [0.29, 0.717) is 17.9 Å². The lowest BCUT2D eigenvalue weighted by atomic mass is 9.68. The number of hydrogen-bond acceptors (Lipinski definition) is 4. The Morgan fingerprint density at radius 2 is 2.24 bits per heavy atom. The largest absolute Gasteiger partial charge is 0.469 e. The standard InChI is InChI=1S/C17H22N2O2/c1-19-9-11(17(20)21-2)6-13-12-4-3-5-14-16(12)10(8-18-14)7-15(13)19/h3-5,10-11,13,15,18H,6-9H2,1-2H3/t10?,11?,13?,15-/m1/s1. The predicted octanol–water partition coefficient (Wildman–Crippen LogP) is 2.18. The van der Waals surface area contributed by atoms with Gasteiger partial charge in [-0.2, -0.15) is 0 Å². The number of nitrogens with zero attached hydrogens (tertiary/aromatic N) is 1. The van der Waals surface area contributed by atoms with Crippen molar-refractivity contribution >= 4 is 11.7 Å². The molecule has 4 atom stereocenters. The van der Waals surface area contributed by atoms with Gasteiger partial charge in [0.25, 0.3) is 0 Å². The summed E-state index contributed by atoms with van der Waals surface area (Å²) in [5, 5.41) is 3.54. The Bertz CT molecular complexity index is 586. The minimum Gasteiger partial charge on any atom is -0.469 e. The zero-order chi connectivity index (χ0) is 14.6. The number of carbonyl (C=O) groups excluding carboxylic acids is 1. The van der Waals surface area contributed by atoms with E-state index in [9.17, 15) is 4.79 Å². The second-order valence-electron chi connectivity index (χ2n) is 6.69. The first kappa shape index (κ1) is 13.1. The molecule has 2 aliphatic heterocycles. The van der Waals surface area contributed by atoms with E-state index in [0.717, 1.165) is 19.5 Å². The fourth-order valence-electron chi connectivity index (χ4n) is 4.69.